The van der Waals surface area contributed by atoms with Crippen LogP contribution < -0.4 is 15.9 Å². The van der Waals surface area contributed by atoms with Crippen molar-refractivity contribution in [3.8, 4) is 0 Å². The molecule has 1 aromatic rings. The number of nitrogens with one attached hydrogen (secondary N) is 1. The lowest BCUT2D eigenvalue weighted by Crippen LogP contribution is -2.47. The molecule has 50 heavy (non-hydrogen) atoms. The highest BCUT2D eigenvalue weighted by molar-refractivity contribution is 5.46. The third-order valence-corrected chi connectivity index (χ3v) is 15.9. The quantitative estimate of drug-likeness (QED) is 0.285. The van der Waals surface area contributed by atoms with E-state index in [0.29, 0.717) is 18.0 Å². The maximum Gasteiger partial charge on any atom is 0.0447 e. The lowest BCUT2D eigenvalue weighted by molar-refractivity contribution is 0.167. The van der Waals surface area contributed by atoms with Crippen molar-refractivity contribution in [3.05, 3.63) is 57.8 Å². The average Bonchev–Trinajstić information content (AvgIpc) is 3.53. The molecule has 0 amide bonds. The Morgan fingerprint density at radius 1 is 0.600 bits per heavy atom. The van der Waals surface area contributed by atoms with Gasteiger partial charge in [0.2, 0.25) is 0 Å². The molecule has 0 spiro atoms. The van der Waals surface area contributed by atoms with E-state index in [1.165, 1.54) is 167 Å². The van der Waals surface area contributed by atoms with Crippen molar-refractivity contribution in [1.82, 2.24) is 9.88 Å². The Hall–Kier alpha value is -1.80. The van der Waals surface area contributed by atoms with Crippen molar-refractivity contribution in [1.29, 1.82) is 0 Å². The van der Waals surface area contributed by atoms with E-state index in [0.717, 1.165) is 41.5 Å². The number of aromatic nitrogens is 1. The van der Waals surface area contributed by atoms with Gasteiger partial charge in [-0.2, -0.15) is 0 Å². The van der Waals surface area contributed by atoms with E-state index in [4.69, 9.17) is 0 Å². The Labute approximate surface area is 305 Å². The second-order valence-electron chi connectivity index (χ2n) is 18.9. The van der Waals surface area contributed by atoms with Crippen LogP contribution in [-0.4, -0.2) is 16.7 Å². The molecule has 9 rings (SSSR count). The minimum atomic E-state index is 0.509. The van der Waals surface area contributed by atoms with E-state index in [1.54, 1.807) is 21.8 Å². The van der Waals surface area contributed by atoms with Crippen LogP contribution in [0.15, 0.2) is 36.0 Å². The van der Waals surface area contributed by atoms with Crippen LogP contribution in [0.25, 0.3) is 12.2 Å². The van der Waals surface area contributed by atoms with Crippen LogP contribution in [0.5, 0.6) is 0 Å². The zero-order valence-electron chi connectivity index (χ0n) is 31.6. The number of nitrogens with zero attached hydrogens (tertiary/aromatic N) is 1. The summed E-state index contributed by atoms with van der Waals surface area (Å²) in [5, 5.41) is 7.78. The van der Waals surface area contributed by atoms with Gasteiger partial charge in [-0.1, -0.05) is 112 Å². The summed E-state index contributed by atoms with van der Waals surface area (Å²) in [6.45, 7) is 0. The summed E-state index contributed by atoms with van der Waals surface area (Å²) in [5.41, 5.74) is 5.39. The van der Waals surface area contributed by atoms with Gasteiger partial charge in [0.15, 0.2) is 0 Å². The van der Waals surface area contributed by atoms with Crippen molar-refractivity contribution in [2.75, 3.05) is 0 Å². The monoisotopic (exact) mass is 675 g/mol. The van der Waals surface area contributed by atoms with Crippen molar-refractivity contribution in [2.24, 2.45) is 41.4 Å². The highest BCUT2D eigenvalue weighted by Gasteiger charge is 2.38. The van der Waals surface area contributed by atoms with E-state index < -0.39 is 0 Å². The molecular weight excluding hydrogens is 605 g/mol. The first kappa shape index (κ1) is 34.0. The minimum Gasteiger partial charge on any atom is -0.342 e. The van der Waals surface area contributed by atoms with E-state index in [1.807, 2.05) is 5.57 Å². The van der Waals surface area contributed by atoms with Gasteiger partial charge in [-0.15, -0.1) is 0 Å². The number of fused-ring (bicyclic) bond motifs is 3. The fraction of sp³-hybridized carbons (Fsp3) is 0.750. The average molecular weight is 675 g/mol. The summed E-state index contributed by atoms with van der Waals surface area (Å²) < 4.78 is 2.95. The van der Waals surface area contributed by atoms with Crippen molar-refractivity contribution >= 4 is 12.2 Å². The number of allylic oxidation sites excluding steroid dienone is 3. The highest BCUT2D eigenvalue weighted by atomic mass is 15.0. The molecule has 0 bridgehead atoms. The Morgan fingerprint density at radius 2 is 1.32 bits per heavy atom. The summed E-state index contributed by atoms with van der Waals surface area (Å²) in [7, 11) is 0. The van der Waals surface area contributed by atoms with Crippen molar-refractivity contribution in [3.63, 3.8) is 0 Å². The first-order chi connectivity index (χ1) is 24.8. The Balaban J connectivity index is 0.920. The molecule has 272 valence electrons. The van der Waals surface area contributed by atoms with Gasteiger partial charge in [0, 0.05) is 29.2 Å². The highest BCUT2D eigenvalue weighted by Crippen LogP contribution is 2.45. The van der Waals surface area contributed by atoms with Gasteiger partial charge in [-0.3, -0.25) is 0 Å². The summed E-state index contributed by atoms with van der Waals surface area (Å²) >= 11 is 0. The molecule has 1 aromatic heterocycles. The zero-order chi connectivity index (χ0) is 33.3. The molecule has 1 N–H and O–H groups in total. The summed E-state index contributed by atoms with van der Waals surface area (Å²) in [6.07, 6.45) is 55.4. The number of hydrogen-bond donors (Lipinski definition) is 1. The first-order valence-corrected chi connectivity index (χ1v) is 22.5. The SMILES string of the molecule is C1=CC(NC2CC(C3CCCCC3)=CC(C3CCCCC3)C2)C(C2CCCC(C3C=c4c(c5c(n4C4CCCCC4)CCCC5)=CC3)C2)C=C1. The fourth-order valence-electron chi connectivity index (χ4n) is 13.3. The second-order valence-corrected chi connectivity index (χ2v) is 18.9. The van der Waals surface area contributed by atoms with Gasteiger partial charge in [0.1, 0.15) is 0 Å². The lowest BCUT2D eigenvalue weighted by Gasteiger charge is -2.43. The smallest absolute Gasteiger partial charge is 0.0447 e. The van der Waals surface area contributed by atoms with Crippen molar-refractivity contribution < 1.29 is 0 Å². The molecule has 7 atom stereocenters. The lowest BCUT2D eigenvalue weighted by atomic mass is 9.67. The third kappa shape index (κ3) is 7.11. The van der Waals surface area contributed by atoms with Crippen LogP contribution in [0.2, 0.25) is 0 Å². The number of hydrogen-bond acceptors (Lipinski definition) is 1. The van der Waals surface area contributed by atoms with Crippen LogP contribution >= 0.6 is 0 Å². The van der Waals surface area contributed by atoms with Crippen LogP contribution in [0.1, 0.15) is 171 Å². The minimum absolute atomic E-state index is 0.509. The fourth-order valence-corrected chi connectivity index (χ4v) is 13.3. The zero-order valence-corrected chi connectivity index (χ0v) is 31.6. The topological polar surface area (TPSA) is 17.0 Å². The molecule has 0 radical (unpaired) electrons. The Bertz CT molecular complexity index is 1520. The summed E-state index contributed by atoms with van der Waals surface area (Å²) in [4.78, 5) is 0. The first-order valence-electron chi connectivity index (χ1n) is 22.5. The molecule has 4 fully saturated rings. The van der Waals surface area contributed by atoms with Crippen LogP contribution in [0, 0.1) is 41.4 Å². The van der Waals surface area contributed by atoms with Gasteiger partial charge >= 0.3 is 0 Å². The standard InChI is InChI=1S/C48H70N2/c1-4-15-34(16-5-1)39-30-40(35-17-6-2-7-18-35)32-41(31-39)49-46-25-12-10-23-43(46)38-20-14-19-36(29-38)37-27-28-45-44-24-11-13-26-47(44)50(48(45)33-37)42-21-8-3-9-22-42/h10,12,23,25,28,30,33-39,41-43,46,49H,1-9,11,13-22,24,26-27,29,31-32H2. The predicted molar refractivity (Wildman–Crippen MR) is 211 cm³/mol. The third-order valence-electron chi connectivity index (χ3n) is 15.9. The molecule has 7 unspecified atom stereocenters. The van der Waals surface area contributed by atoms with Crippen LogP contribution in [0.4, 0.5) is 0 Å². The largest absolute Gasteiger partial charge is 0.342 e. The van der Waals surface area contributed by atoms with Gasteiger partial charge in [0.05, 0.1) is 0 Å². The summed E-state index contributed by atoms with van der Waals surface area (Å²) in [6, 6.07) is 1.93. The van der Waals surface area contributed by atoms with Gasteiger partial charge in [0.25, 0.3) is 0 Å². The molecule has 0 aromatic carbocycles. The van der Waals surface area contributed by atoms with Crippen LogP contribution in [0.3, 0.4) is 0 Å². The molecular formula is C48H70N2. The normalized spacial score (nSPS) is 35.8. The van der Waals surface area contributed by atoms with Gasteiger partial charge < -0.3 is 9.88 Å². The maximum atomic E-state index is 4.43. The summed E-state index contributed by atoms with van der Waals surface area (Å²) in [5.74, 6) is 5.68. The molecule has 2 nitrogen and oxygen atoms in total. The molecule has 2 heteroatoms. The number of rotatable bonds is 7. The van der Waals surface area contributed by atoms with Crippen LogP contribution in [-0.2, 0) is 12.8 Å². The molecule has 0 saturated heterocycles. The van der Waals surface area contributed by atoms with E-state index in [-0.39, 0.29) is 0 Å². The Kier molecular flexibility index (Phi) is 10.7. The molecule has 8 aliphatic rings. The maximum absolute atomic E-state index is 4.43. The predicted octanol–water partition coefficient (Wildman–Crippen LogP) is 10.8. The van der Waals surface area contributed by atoms with Gasteiger partial charge in [-0.25, -0.2) is 0 Å². The van der Waals surface area contributed by atoms with Gasteiger partial charge in [-0.05, 0) is 155 Å². The molecule has 0 aliphatic heterocycles. The second kappa shape index (κ2) is 15.7. The van der Waals surface area contributed by atoms with E-state index in [2.05, 4.69) is 52.4 Å². The molecule has 8 aliphatic carbocycles. The van der Waals surface area contributed by atoms with E-state index in [9.17, 15) is 0 Å². The Morgan fingerprint density at radius 3 is 2.16 bits per heavy atom. The molecule has 1 heterocycles. The molecule has 4 saturated carbocycles. The van der Waals surface area contributed by atoms with Crippen molar-refractivity contribution in [2.45, 2.75) is 185 Å². The van der Waals surface area contributed by atoms with E-state index >= 15 is 0 Å².